The Kier molecular flexibility index (Phi) is 5.84. The Balaban J connectivity index is 1.23. The van der Waals surface area contributed by atoms with Crippen LogP contribution in [0.25, 0.3) is 11.1 Å². The van der Waals surface area contributed by atoms with Gasteiger partial charge in [-0.05, 0) is 54.5 Å². The molecule has 6 nitrogen and oxygen atoms in total. The Morgan fingerprint density at radius 2 is 1.53 bits per heavy atom. The maximum atomic E-state index is 14.2. The number of imide groups is 1. The number of carbonyl (C=O) groups is 3. The predicted molar refractivity (Wildman–Crippen MR) is 123 cm³/mol. The maximum Gasteiger partial charge on any atom is 0.434 e. The molecular weight excluding hydrogens is 435 g/mol. The summed E-state index contributed by atoms with van der Waals surface area (Å²) in [5, 5.41) is 0.508. The number of fused-ring (bicyclic) bond motifs is 1. The first-order chi connectivity index (χ1) is 16.5. The summed E-state index contributed by atoms with van der Waals surface area (Å²) >= 11 is 0. The number of hydrogen-bond acceptors (Lipinski definition) is 4. The Hall–Kier alpha value is -4.00. The van der Waals surface area contributed by atoms with Crippen LogP contribution in [-0.2, 0) is 11.3 Å². The van der Waals surface area contributed by atoms with Gasteiger partial charge in [0.1, 0.15) is 5.82 Å². The predicted octanol–water partition coefficient (Wildman–Crippen LogP) is 5.10. The number of nitrogens with zero attached hydrogens (tertiary/aromatic N) is 2. The van der Waals surface area contributed by atoms with E-state index in [1.807, 2.05) is 18.2 Å². The number of likely N-dealkylation sites (tertiary alicyclic amines) is 1. The fourth-order valence-electron chi connectivity index (χ4n) is 4.57. The lowest BCUT2D eigenvalue weighted by Gasteiger charge is -2.31. The normalized spacial score (nSPS) is 16.0. The van der Waals surface area contributed by atoms with Gasteiger partial charge in [-0.25, -0.2) is 9.18 Å². The van der Waals surface area contributed by atoms with E-state index in [1.54, 1.807) is 24.3 Å². The molecule has 172 valence electrons. The fraction of sp³-hybridized carbons (Fsp3) is 0.222. The molecule has 1 fully saturated rings. The van der Waals surface area contributed by atoms with Crippen molar-refractivity contribution in [1.82, 2.24) is 9.96 Å². The Morgan fingerprint density at radius 3 is 2.26 bits per heavy atom. The van der Waals surface area contributed by atoms with E-state index in [4.69, 9.17) is 4.84 Å². The number of halogens is 1. The average Bonchev–Trinajstić information content (AvgIpc) is 3.09. The molecule has 1 saturated heterocycles. The molecule has 2 aliphatic rings. The van der Waals surface area contributed by atoms with E-state index in [-0.39, 0.29) is 11.1 Å². The van der Waals surface area contributed by atoms with Crippen molar-refractivity contribution < 1.29 is 23.6 Å². The minimum absolute atomic E-state index is 0.0834. The highest BCUT2D eigenvalue weighted by Gasteiger charge is 2.40. The molecule has 34 heavy (non-hydrogen) atoms. The third kappa shape index (κ3) is 4.17. The molecule has 3 aromatic rings. The van der Waals surface area contributed by atoms with E-state index in [1.165, 1.54) is 28.7 Å². The topological polar surface area (TPSA) is 66.9 Å². The first-order valence-corrected chi connectivity index (χ1v) is 11.3. The first kappa shape index (κ1) is 21.8. The first-order valence-electron chi connectivity index (χ1n) is 11.3. The van der Waals surface area contributed by atoms with Crippen LogP contribution < -0.4 is 0 Å². The summed E-state index contributed by atoms with van der Waals surface area (Å²) < 4.78 is 14.2. The number of hydrogen-bond donors (Lipinski definition) is 0. The second-order valence-electron chi connectivity index (χ2n) is 8.62. The summed E-state index contributed by atoms with van der Waals surface area (Å²) in [6, 6.07) is 20.9. The van der Waals surface area contributed by atoms with E-state index in [0.717, 1.165) is 19.3 Å². The van der Waals surface area contributed by atoms with Gasteiger partial charge >= 0.3 is 6.09 Å². The number of benzene rings is 3. The van der Waals surface area contributed by atoms with Gasteiger partial charge in [0, 0.05) is 18.7 Å². The molecule has 3 aromatic carbocycles. The Bertz CT molecular complexity index is 1250. The number of carbonyl (C=O) groups excluding carboxylic acids is 3. The van der Waals surface area contributed by atoms with Crippen LogP contribution >= 0.6 is 0 Å². The molecule has 0 spiro atoms. The molecule has 0 aromatic heterocycles. The Morgan fingerprint density at radius 1 is 0.853 bits per heavy atom. The van der Waals surface area contributed by atoms with Gasteiger partial charge in [0.2, 0.25) is 0 Å². The lowest BCUT2D eigenvalue weighted by molar-refractivity contribution is -0.0594. The minimum atomic E-state index is -0.731. The minimum Gasteiger partial charge on any atom is -0.310 e. The van der Waals surface area contributed by atoms with Crippen molar-refractivity contribution in [2.24, 2.45) is 5.92 Å². The number of rotatable bonds is 4. The number of hydroxylamine groups is 2. The van der Waals surface area contributed by atoms with Crippen molar-refractivity contribution in [3.63, 3.8) is 0 Å². The van der Waals surface area contributed by atoms with Gasteiger partial charge in [-0.3, -0.25) is 9.59 Å². The van der Waals surface area contributed by atoms with Gasteiger partial charge in [0.25, 0.3) is 11.8 Å². The zero-order valence-corrected chi connectivity index (χ0v) is 18.4. The summed E-state index contributed by atoms with van der Waals surface area (Å²) in [6.45, 7) is 0.994. The van der Waals surface area contributed by atoms with Crippen LogP contribution in [0.15, 0.2) is 72.8 Å². The van der Waals surface area contributed by atoms with E-state index < -0.39 is 23.7 Å². The fourth-order valence-corrected chi connectivity index (χ4v) is 4.57. The van der Waals surface area contributed by atoms with Crippen molar-refractivity contribution in [3.05, 3.63) is 95.3 Å². The SMILES string of the molecule is O=C(ON1C(=O)c2ccc(-c3ccccc3F)cc2C1=O)N1CCC(Cc2ccccc2)CC1. The van der Waals surface area contributed by atoms with Crippen molar-refractivity contribution in [2.75, 3.05) is 13.1 Å². The summed E-state index contributed by atoms with van der Waals surface area (Å²) in [5.41, 5.74) is 2.26. The molecule has 0 unspecified atom stereocenters. The zero-order valence-electron chi connectivity index (χ0n) is 18.4. The lowest BCUT2D eigenvalue weighted by atomic mass is 9.90. The van der Waals surface area contributed by atoms with E-state index in [0.29, 0.717) is 35.2 Å². The van der Waals surface area contributed by atoms with Crippen LogP contribution in [0.1, 0.15) is 39.1 Å². The smallest absolute Gasteiger partial charge is 0.310 e. The molecular formula is C27H23FN2O4. The van der Waals surface area contributed by atoms with Gasteiger partial charge in [0.05, 0.1) is 11.1 Å². The third-order valence-electron chi connectivity index (χ3n) is 6.44. The number of amides is 3. The van der Waals surface area contributed by atoms with Gasteiger partial charge in [-0.15, -0.1) is 0 Å². The molecule has 2 aliphatic heterocycles. The summed E-state index contributed by atoms with van der Waals surface area (Å²) in [7, 11) is 0. The third-order valence-corrected chi connectivity index (χ3v) is 6.44. The van der Waals surface area contributed by atoms with Gasteiger partial charge in [0.15, 0.2) is 0 Å². The molecule has 0 saturated carbocycles. The molecule has 0 radical (unpaired) electrons. The molecule has 0 aliphatic carbocycles. The monoisotopic (exact) mass is 458 g/mol. The second kappa shape index (κ2) is 9.09. The van der Waals surface area contributed by atoms with Crippen LogP contribution in [0.4, 0.5) is 9.18 Å². The summed E-state index contributed by atoms with van der Waals surface area (Å²) in [5.74, 6) is -1.40. The van der Waals surface area contributed by atoms with Crippen molar-refractivity contribution in [3.8, 4) is 11.1 Å². The molecule has 5 rings (SSSR count). The van der Waals surface area contributed by atoms with E-state index in [9.17, 15) is 18.8 Å². The largest absolute Gasteiger partial charge is 0.434 e. The Labute approximate surface area is 196 Å². The van der Waals surface area contributed by atoms with Gasteiger partial charge < -0.3 is 9.74 Å². The summed E-state index contributed by atoms with van der Waals surface area (Å²) in [6.07, 6.45) is 1.87. The van der Waals surface area contributed by atoms with Crippen molar-refractivity contribution >= 4 is 17.9 Å². The van der Waals surface area contributed by atoms with Crippen molar-refractivity contribution in [1.29, 1.82) is 0 Å². The van der Waals surface area contributed by atoms with Crippen molar-refractivity contribution in [2.45, 2.75) is 19.3 Å². The number of piperidine rings is 1. The van der Waals surface area contributed by atoms with Crippen LogP contribution in [0, 0.1) is 11.7 Å². The highest BCUT2D eigenvalue weighted by molar-refractivity contribution is 6.21. The second-order valence-corrected chi connectivity index (χ2v) is 8.62. The van der Waals surface area contributed by atoms with E-state index in [2.05, 4.69) is 12.1 Å². The average molecular weight is 458 g/mol. The molecule has 2 heterocycles. The molecule has 3 amide bonds. The molecule has 0 bridgehead atoms. The maximum absolute atomic E-state index is 14.2. The van der Waals surface area contributed by atoms with Gasteiger partial charge in [-0.2, -0.15) is 0 Å². The van der Waals surface area contributed by atoms with Crippen LogP contribution in [0.2, 0.25) is 0 Å². The van der Waals surface area contributed by atoms with Crippen LogP contribution in [0.5, 0.6) is 0 Å². The molecule has 0 N–H and O–H groups in total. The van der Waals surface area contributed by atoms with Crippen LogP contribution in [0.3, 0.4) is 0 Å². The van der Waals surface area contributed by atoms with Crippen LogP contribution in [-0.4, -0.2) is 41.0 Å². The van der Waals surface area contributed by atoms with Gasteiger partial charge in [-0.1, -0.05) is 59.7 Å². The highest BCUT2D eigenvalue weighted by Crippen LogP contribution is 2.30. The quantitative estimate of drug-likeness (QED) is 0.511. The zero-order chi connectivity index (χ0) is 23.7. The van der Waals surface area contributed by atoms with E-state index >= 15 is 0 Å². The standard InChI is InChI=1S/C27H23FN2O4/c28-24-9-5-4-8-21(24)20-10-11-22-23(17-20)26(32)30(25(22)31)34-27(33)29-14-12-19(13-15-29)16-18-6-2-1-3-7-18/h1-11,17,19H,12-16H2. The lowest BCUT2D eigenvalue weighted by Crippen LogP contribution is -2.43. The highest BCUT2D eigenvalue weighted by atomic mass is 19.1. The molecule has 0 atom stereocenters. The summed E-state index contributed by atoms with van der Waals surface area (Å²) in [4.78, 5) is 45.0. The molecule has 7 heteroatoms.